The molecule has 126 valence electrons. The third-order valence-electron chi connectivity index (χ3n) is 4.50. The van der Waals surface area contributed by atoms with Gasteiger partial charge in [0, 0.05) is 10.4 Å². The minimum absolute atomic E-state index is 0.211. The van der Waals surface area contributed by atoms with Crippen molar-refractivity contribution in [3.8, 4) is 0 Å². The van der Waals surface area contributed by atoms with Crippen molar-refractivity contribution in [2.24, 2.45) is 11.7 Å². The minimum atomic E-state index is -0.531. The zero-order chi connectivity index (χ0) is 17.3. The summed E-state index contributed by atoms with van der Waals surface area (Å²) in [6, 6.07) is 5.45. The molecule has 0 bridgehead atoms. The summed E-state index contributed by atoms with van der Waals surface area (Å²) in [5.41, 5.74) is 7.13. The lowest BCUT2D eigenvalue weighted by Crippen LogP contribution is -2.19. The first-order chi connectivity index (χ1) is 11.5. The van der Waals surface area contributed by atoms with E-state index >= 15 is 0 Å². The van der Waals surface area contributed by atoms with Gasteiger partial charge in [0.15, 0.2) is 0 Å². The molecular weight excluding hydrogens is 327 g/mol. The van der Waals surface area contributed by atoms with Crippen LogP contribution in [0.2, 0.25) is 0 Å². The number of primary amides is 1. The van der Waals surface area contributed by atoms with Crippen molar-refractivity contribution in [1.29, 1.82) is 0 Å². The normalized spacial score (nSPS) is 16.5. The number of anilines is 1. The van der Waals surface area contributed by atoms with E-state index in [9.17, 15) is 14.0 Å². The van der Waals surface area contributed by atoms with Crippen molar-refractivity contribution in [2.75, 3.05) is 5.32 Å². The predicted molar refractivity (Wildman–Crippen MR) is 93.0 cm³/mol. The van der Waals surface area contributed by atoms with Gasteiger partial charge >= 0.3 is 0 Å². The average molecular weight is 346 g/mol. The molecule has 2 amide bonds. The molecule has 1 unspecified atom stereocenters. The van der Waals surface area contributed by atoms with Crippen LogP contribution in [0.5, 0.6) is 0 Å². The second-order valence-electron chi connectivity index (χ2n) is 6.05. The second kappa shape index (κ2) is 6.73. The fraction of sp³-hybridized carbons (Fsp3) is 0.333. The van der Waals surface area contributed by atoms with E-state index in [4.69, 9.17) is 5.73 Å². The first kappa shape index (κ1) is 16.6. The topological polar surface area (TPSA) is 72.2 Å². The van der Waals surface area contributed by atoms with Gasteiger partial charge in [0.1, 0.15) is 10.8 Å². The molecule has 1 aliphatic carbocycles. The van der Waals surface area contributed by atoms with Gasteiger partial charge in [-0.25, -0.2) is 4.39 Å². The first-order valence-electron chi connectivity index (χ1n) is 8.00. The van der Waals surface area contributed by atoms with E-state index in [-0.39, 0.29) is 5.56 Å². The summed E-state index contributed by atoms with van der Waals surface area (Å²) >= 11 is 1.41. The van der Waals surface area contributed by atoms with Crippen LogP contribution in [-0.4, -0.2) is 11.8 Å². The number of nitrogens with two attached hydrogens (primary N) is 1. The van der Waals surface area contributed by atoms with Crippen LogP contribution in [0, 0.1) is 11.7 Å². The van der Waals surface area contributed by atoms with Gasteiger partial charge in [-0.3, -0.25) is 9.59 Å². The molecule has 1 heterocycles. The number of carbonyl (C=O) groups is 2. The molecule has 1 aliphatic rings. The third-order valence-corrected chi connectivity index (χ3v) is 5.67. The van der Waals surface area contributed by atoms with Gasteiger partial charge in [0.05, 0.1) is 5.56 Å². The average Bonchev–Trinajstić information content (AvgIpc) is 2.91. The van der Waals surface area contributed by atoms with Gasteiger partial charge in [-0.15, -0.1) is 11.3 Å². The van der Waals surface area contributed by atoms with Crippen LogP contribution in [-0.2, 0) is 12.8 Å². The highest BCUT2D eigenvalue weighted by atomic mass is 32.1. The van der Waals surface area contributed by atoms with Crippen molar-refractivity contribution in [2.45, 2.75) is 32.6 Å². The lowest BCUT2D eigenvalue weighted by molar-refractivity contribution is 0.1000. The Kier molecular flexibility index (Phi) is 4.66. The molecule has 0 aliphatic heterocycles. The lowest BCUT2D eigenvalue weighted by atomic mass is 9.85. The maximum Gasteiger partial charge on any atom is 0.256 e. The van der Waals surface area contributed by atoms with Crippen LogP contribution < -0.4 is 11.1 Å². The van der Waals surface area contributed by atoms with Crippen molar-refractivity contribution in [3.05, 3.63) is 51.7 Å². The number of nitrogens with one attached hydrogen (secondary N) is 1. The van der Waals surface area contributed by atoms with Gasteiger partial charge in [-0.05, 0) is 48.9 Å². The van der Waals surface area contributed by atoms with Crippen molar-refractivity contribution in [1.82, 2.24) is 0 Å². The fourth-order valence-electron chi connectivity index (χ4n) is 3.16. The Bertz CT molecular complexity index is 800. The Morgan fingerprint density at radius 2 is 2.21 bits per heavy atom. The number of fused-ring (bicyclic) bond motifs is 1. The standard InChI is InChI=1S/C18H19FN2O2S/c1-2-10-6-7-13-14(8-10)24-18(15(13)16(20)22)21-17(23)11-4-3-5-12(19)9-11/h3-5,9-10H,2,6-8H2,1H3,(H2,20,22)(H,21,23). The number of hydrogen-bond acceptors (Lipinski definition) is 3. The molecule has 0 fully saturated rings. The summed E-state index contributed by atoms with van der Waals surface area (Å²) in [6.07, 6.45) is 3.83. The smallest absolute Gasteiger partial charge is 0.256 e. The molecular formula is C18H19FN2O2S. The maximum absolute atomic E-state index is 13.3. The highest BCUT2D eigenvalue weighted by molar-refractivity contribution is 7.17. The molecule has 3 N–H and O–H groups in total. The van der Waals surface area contributed by atoms with Crippen LogP contribution in [0.25, 0.3) is 0 Å². The molecule has 0 spiro atoms. The summed E-state index contributed by atoms with van der Waals surface area (Å²) in [6.45, 7) is 2.16. The summed E-state index contributed by atoms with van der Waals surface area (Å²) in [4.78, 5) is 25.4. The number of halogens is 1. The lowest BCUT2D eigenvalue weighted by Gasteiger charge is -2.20. The number of rotatable bonds is 4. The van der Waals surface area contributed by atoms with Crippen LogP contribution in [0.3, 0.4) is 0 Å². The SMILES string of the molecule is CCC1CCc2c(sc(NC(=O)c3cccc(F)c3)c2C(N)=O)C1. The van der Waals surface area contributed by atoms with Gasteiger partial charge in [0.2, 0.25) is 0 Å². The van der Waals surface area contributed by atoms with Gasteiger partial charge < -0.3 is 11.1 Å². The van der Waals surface area contributed by atoms with Crippen molar-refractivity contribution in [3.63, 3.8) is 0 Å². The summed E-state index contributed by atoms with van der Waals surface area (Å²) < 4.78 is 13.3. The van der Waals surface area contributed by atoms with E-state index < -0.39 is 17.6 Å². The molecule has 4 nitrogen and oxygen atoms in total. The van der Waals surface area contributed by atoms with E-state index in [1.807, 2.05) is 0 Å². The van der Waals surface area contributed by atoms with Crippen LogP contribution in [0.1, 0.15) is 50.9 Å². The summed E-state index contributed by atoms with van der Waals surface area (Å²) in [5, 5.41) is 3.21. The van der Waals surface area contributed by atoms with E-state index in [1.165, 1.54) is 35.6 Å². The maximum atomic E-state index is 13.3. The van der Waals surface area contributed by atoms with Gasteiger partial charge in [-0.2, -0.15) is 0 Å². The second-order valence-corrected chi connectivity index (χ2v) is 7.16. The summed E-state index contributed by atoms with van der Waals surface area (Å²) in [5.74, 6) is -0.850. The molecule has 1 atom stereocenters. The molecule has 2 aromatic rings. The predicted octanol–water partition coefficient (Wildman–Crippen LogP) is 3.75. The van der Waals surface area contributed by atoms with Gasteiger partial charge in [-0.1, -0.05) is 19.4 Å². The minimum Gasteiger partial charge on any atom is -0.365 e. The van der Waals surface area contributed by atoms with Crippen molar-refractivity contribution < 1.29 is 14.0 Å². The number of carbonyl (C=O) groups excluding carboxylic acids is 2. The zero-order valence-electron chi connectivity index (χ0n) is 13.4. The Labute approximate surface area is 143 Å². The molecule has 3 rings (SSSR count). The molecule has 0 radical (unpaired) electrons. The number of amides is 2. The molecule has 6 heteroatoms. The van der Waals surface area contributed by atoms with E-state index in [1.54, 1.807) is 0 Å². The summed E-state index contributed by atoms with van der Waals surface area (Å²) in [7, 11) is 0. The molecule has 24 heavy (non-hydrogen) atoms. The number of thiophene rings is 1. The largest absolute Gasteiger partial charge is 0.365 e. The van der Waals surface area contributed by atoms with Gasteiger partial charge in [0.25, 0.3) is 11.8 Å². The number of benzene rings is 1. The molecule has 1 aromatic carbocycles. The Morgan fingerprint density at radius 1 is 1.42 bits per heavy atom. The van der Waals surface area contributed by atoms with E-state index in [0.29, 0.717) is 16.5 Å². The highest BCUT2D eigenvalue weighted by Crippen LogP contribution is 2.40. The molecule has 0 saturated heterocycles. The van der Waals surface area contributed by atoms with E-state index in [2.05, 4.69) is 12.2 Å². The number of hydrogen-bond donors (Lipinski definition) is 2. The monoisotopic (exact) mass is 346 g/mol. The first-order valence-corrected chi connectivity index (χ1v) is 8.82. The van der Waals surface area contributed by atoms with Crippen LogP contribution in [0.4, 0.5) is 9.39 Å². The third kappa shape index (κ3) is 3.19. The molecule has 0 saturated carbocycles. The Balaban J connectivity index is 1.92. The Hall–Kier alpha value is -2.21. The zero-order valence-corrected chi connectivity index (χ0v) is 14.2. The van der Waals surface area contributed by atoms with Crippen LogP contribution >= 0.6 is 11.3 Å². The molecule has 1 aromatic heterocycles. The quantitative estimate of drug-likeness (QED) is 0.885. The fourth-order valence-corrected chi connectivity index (χ4v) is 4.52. The van der Waals surface area contributed by atoms with E-state index in [0.717, 1.165) is 36.1 Å². The van der Waals surface area contributed by atoms with Crippen molar-refractivity contribution >= 4 is 28.2 Å². The highest BCUT2D eigenvalue weighted by Gasteiger charge is 2.28. The Morgan fingerprint density at radius 3 is 2.88 bits per heavy atom. The van der Waals surface area contributed by atoms with Crippen LogP contribution in [0.15, 0.2) is 24.3 Å².